The van der Waals surface area contributed by atoms with Crippen LogP contribution in [0.4, 0.5) is 5.69 Å². The van der Waals surface area contributed by atoms with Crippen molar-refractivity contribution in [1.82, 2.24) is 10.0 Å². The standard InChI is InChI=1S/C21H33N3O4S/c1-5-15(4)22-20(25)16-6-10-18(11-7-16)23-21(26)17-8-12-19(13-9-17)24-29(27,28)14(2)3/h6-7,10-11,14-15,17,19,24H,5,8-9,12-13H2,1-4H3,(H,22,25)(H,23,26). The fourth-order valence-corrected chi connectivity index (χ4v) is 4.17. The highest BCUT2D eigenvalue weighted by molar-refractivity contribution is 7.90. The second-order valence-electron chi connectivity index (χ2n) is 8.11. The van der Waals surface area contributed by atoms with Crippen molar-refractivity contribution in [3.63, 3.8) is 0 Å². The number of hydrogen-bond acceptors (Lipinski definition) is 4. The highest BCUT2D eigenvalue weighted by atomic mass is 32.2. The molecule has 7 nitrogen and oxygen atoms in total. The monoisotopic (exact) mass is 423 g/mol. The second kappa shape index (κ2) is 10.2. The molecule has 1 atom stereocenters. The highest BCUT2D eigenvalue weighted by Gasteiger charge is 2.29. The lowest BCUT2D eigenvalue weighted by atomic mass is 9.86. The van der Waals surface area contributed by atoms with E-state index in [0.717, 1.165) is 6.42 Å². The molecule has 1 aliphatic rings. The van der Waals surface area contributed by atoms with Crippen LogP contribution in [-0.4, -0.2) is 37.6 Å². The van der Waals surface area contributed by atoms with Gasteiger partial charge in [-0.05, 0) is 77.1 Å². The average Bonchev–Trinajstić information content (AvgIpc) is 2.68. The summed E-state index contributed by atoms with van der Waals surface area (Å²) in [5.41, 5.74) is 1.21. The number of sulfonamides is 1. The van der Waals surface area contributed by atoms with Crippen LogP contribution >= 0.6 is 0 Å². The van der Waals surface area contributed by atoms with Crippen LogP contribution < -0.4 is 15.4 Å². The van der Waals surface area contributed by atoms with Crippen LogP contribution in [0.1, 0.15) is 70.2 Å². The number of carbonyl (C=O) groups excluding carboxylic acids is 2. The van der Waals surface area contributed by atoms with Gasteiger partial charge in [-0.1, -0.05) is 6.92 Å². The summed E-state index contributed by atoms with van der Waals surface area (Å²) in [6.07, 6.45) is 3.46. The Labute approximate surface area is 174 Å². The second-order valence-corrected chi connectivity index (χ2v) is 10.4. The van der Waals surface area contributed by atoms with Crippen molar-refractivity contribution in [2.45, 2.75) is 77.1 Å². The van der Waals surface area contributed by atoms with Gasteiger partial charge in [0, 0.05) is 29.3 Å². The maximum absolute atomic E-state index is 12.5. The fraction of sp³-hybridized carbons (Fsp3) is 0.619. The predicted molar refractivity (Wildman–Crippen MR) is 115 cm³/mol. The van der Waals surface area contributed by atoms with Gasteiger partial charge in [0.2, 0.25) is 15.9 Å². The van der Waals surface area contributed by atoms with Gasteiger partial charge in [-0.15, -0.1) is 0 Å². The molecular weight excluding hydrogens is 390 g/mol. The van der Waals surface area contributed by atoms with Gasteiger partial charge in [-0.3, -0.25) is 9.59 Å². The third-order valence-corrected chi connectivity index (χ3v) is 7.36. The van der Waals surface area contributed by atoms with Crippen LogP contribution in [0.5, 0.6) is 0 Å². The molecule has 3 N–H and O–H groups in total. The maximum Gasteiger partial charge on any atom is 0.251 e. The van der Waals surface area contributed by atoms with E-state index in [1.165, 1.54) is 0 Å². The summed E-state index contributed by atoms with van der Waals surface area (Å²) >= 11 is 0. The van der Waals surface area contributed by atoms with Crippen molar-refractivity contribution in [1.29, 1.82) is 0 Å². The van der Waals surface area contributed by atoms with E-state index < -0.39 is 15.3 Å². The highest BCUT2D eigenvalue weighted by Crippen LogP contribution is 2.26. The number of anilines is 1. The molecule has 2 amide bonds. The van der Waals surface area contributed by atoms with Crippen LogP contribution in [0.25, 0.3) is 0 Å². The lowest BCUT2D eigenvalue weighted by Gasteiger charge is -2.28. The molecule has 0 saturated heterocycles. The molecule has 1 aliphatic carbocycles. The van der Waals surface area contributed by atoms with Crippen molar-refractivity contribution in [2.24, 2.45) is 5.92 Å². The zero-order chi connectivity index (χ0) is 21.6. The summed E-state index contributed by atoms with van der Waals surface area (Å²) in [6, 6.07) is 6.87. The topological polar surface area (TPSA) is 104 Å². The molecule has 0 heterocycles. The van der Waals surface area contributed by atoms with Gasteiger partial charge in [0.05, 0.1) is 5.25 Å². The van der Waals surface area contributed by atoms with Crippen LogP contribution in [-0.2, 0) is 14.8 Å². The number of amides is 2. The van der Waals surface area contributed by atoms with E-state index in [4.69, 9.17) is 0 Å². The normalized spacial score (nSPS) is 20.9. The zero-order valence-corrected chi connectivity index (χ0v) is 18.5. The Balaban J connectivity index is 1.84. The van der Waals surface area contributed by atoms with Crippen molar-refractivity contribution >= 4 is 27.5 Å². The Morgan fingerprint density at radius 3 is 2.14 bits per heavy atom. The van der Waals surface area contributed by atoms with Gasteiger partial charge >= 0.3 is 0 Å². The first-order chi connectivity index (χ1) is 13.6. The predicted octanol–water partition coefficient (Wildman–Crippen LogP) is 3.04. The lowest BCUT2D eigenvalue weighted by molar-refractivity contribution is -0.120. The Morgan fingerprint density at radius 1 is 1.03 bits per heavy atom. The molecule has 0 spiro atoms. The molecule has 1 aromatic carbocycles. The maximum atomic E-state index is 12.5. The summed E-state index contributed by atoms with van der Waals surface area (Å²) in [5, 5.41) is 5.35. The molecule has 1 saturated carbocycles. The first-order valence-electron chi connectivity index (χ1n) is 10.3. The molecule has 1 unspecified atom stereocenters. The number of carbonyl (C=O) groups is 2. The molecule has 0 aromatic heterocycles. The van der Waals surface area contributed by atoms with E-state index in [1.807, 2.05) is 13.8 Å². The van der Waals surface area contributed by atoms with Crippen molar-refractivity contribution in [2.75, 3.05) is 5.32 Å². The summed E-state index contributed by atoms with van der Waals surface area (Å²) < 4.78 is 26.7. The molecule has 1 aromatic rings. The largest absolute Gasteiger partial charge is 0.350 e. The number of rotatable bonds is 8. The first kappa shape index (κ1) is 23.3. The van der Waals surface area contributed by atoms with Gasteiger partial charge in [0.1, 0.15) is 0 Å². The first-order valence-corrected chi connectivity index (χ1v) is 11.9. The van der Waals surface area contributed by atoms with Crippen LogP contribution in [0, 0.1) is 5.92 Å². The van der Waals surface area contributed by atoms with Crippen LogP contribution in [0.15, 0.2) is 24.3 Å². The molecule has 1 fully saturated rings. The Kier molecular flexibility index (Phi) is 8.22. The summed E-state index contributed by atoms with van der Waals surface area (Å²) in [7, 11) is -3.29. The number of hydrogen-bond donors (Lipinski definition) is 3. The summed E-state index contributed by atoms with van der Waals surface area (Å²) in [5.74, 6) is -0.324. The van der Waals surface area contributed by atoms with Crippen LogP contribution in [0.2, 0.25) is 0 Å². The SMILES string of the molecule is CCC(C)NC(=O)c1ccc(NC(=O)C2CCC(NS(=O)(=O)C(C)C)CC2)cc1. The molecular formula is C21H33N3O4S. The minimum Gasteiger partial charge on any atom is -0.350 e. The third kappa shape index (κ3) is 6.82. The van der Waals surface area contributed by atoms with Gasteiger partial charge in [0.15, 0.2) is 0 Å². The molecule has 0 bridgehead atoms. The minimum absolute atomic E-state index is 0.0630. The lowest BCUT2D eigenvalue weighted by Crippen LogP contribution is -2.42. The fourth-order valence-electron chi connectivity index (χ4n) is 3.20. The van der Waals surface area contributed by atoms with E-state index in [-0.39, 0.29) is 29.8 Å². The molecule has 162 valence electrons. The van der Waals surface area contributed by atoms with Gasteiger partial charge in [-0.2, -0.15) is 0 Å². The van der Waals surface area contributed by atoms with Crippen molar-refractivity contribution in [3.05, 3.63) is 29.8 Å². The van der Waals surface area contributed by atoms with E-state index in [2.05, 4.69) is 15.4 Å². The Hall–Kier alpha value is -1.93. The van der Waals surface area contributed by atoms with Gasteiger partial charge in [-0.25, -0.2) is 13.1 Å². The Bertz CT molecular complexity index is 798. The van der Waals surface area contributed by atoms with Gasteiger partial charge < -0.3 is 10.6 Å². The number of benzene rings is 1. The summed E-state index contributed by atoms with van der Waals surface area (Å²) in [4.78, 5) is 24.7. The molecule has 2 rings (SSSR count). The third-order valence-electron chi connectivity index (χ3n) is 5.45. The van der Waals surface area contributed by atoms with Crippen molar-refractivity contribution < 1.29 is 18.0 Å². The molecule has 29 heavy (non-hydrogen) atoms. The smallest absolute Gasteiger partial charge is 0.251 e. The molecule has 0 aliphatic heterocycles. The van der Waals surface area contributed by atoms with E-state index in [1.54, 1.807) is 38.1 Å². The van der Waals surface area contributed by atoms with E-state index in [0.29, 0.717) is 36.9 Å². The van der Waals surface area contributed by atoms with Crippen molar-refractivity contribution in [3.8, 4) is 0 Å². The quantitative estimate of drug-likeness (QED) is 0.598. The molecule has 8 heteroatoms. The average molecular weight is 424 g/mol. The van der Waals surface area contributed by atoms with Crippen LogP contribution in [0.3, 0.4) is 0 Å². The molecule has 0 radical (unpaired) electrons. The van der Waals surface area contributed by atoms with E-state index in [9.17, 15) is 18.0 Å². The zero-order valence-electron chi connectivity index (χ0n) is 17.7. The van der Waals surface area contributed by atoms with E-state index >= 15 is 0 Å². The number of nitrogens with one attached hydrogen (secondary N) is 3. The summed E-state index contributed by atoms with van der Waals surface area (Å²) in [6.45, 7) is 7.27. The Morgan fingerprint density at radius 2 is 1.62 bits per heavy atom. The van der Waals surface area contributed by atoms with Gasteiger partial charge in [0.25, 0.3) is 5.91 Å². The minimum atomic E-state index is -3.29.